The highest BCUT2D eigenvalue weighted by Gasteiger charge is 2.01. The molecule has 0 unspecified atom stereocenters. The Morgan fingerprint density at radius 1 is 1.21 bits per heavy atom. The first-order chi connectivity index (χ1) is 6.83. The quantitative estimate of drug-likeness (QED) is 0.667. The summed E-state index contributed by atoms with van der Waals surface area (Å²) in [6.07, 6.45) is 0.667. The van der Waals surface area contributed by atoms with Gasteiger partial charge in [-0.15, -0.1) is 0 Å². The fourth-order valence-corrected chi connectivity index (χ4v) is 1.08. The molecule has 0 fully saturated rings. The van der Waals surface area contributed by atoms with Crippen LogP contribution in [0.5, 0.6) is 0 Å². The van der Waals surface area contributed by atoms with E-state index < -0.39 is 12.6 Å². The zero-order valence-electron chi connectivity index (χ0n) is 7.94. The second-order valence-electron chi connectivity index (χ2n) is 2.91. The summed E-state index contributed by atoms with van der Waals surface area (Å²) in [5.74, 6) is -0.407. The SMILES string of the molecule is [O]CCC(=O)OCCc1ccccc1. The van der Waals surface area contributed by atoms with Gasteiger partial charge in [-0.05, 0) is 5.56 Å². The molecule has 1 rings (SSSR count). The number of esters is 1. The van der Waals surface area contributed by atoms with Gasteiger partial charge in [0.2, 0.25) is 0 Å². The van der Waals surface area contributed by atoms with Gasteiger partial charge in [-0.2, -0.15) is 0 Å². The Labute approximate surface area is 83.3 Å². The van der Waals surface area contributed by atoms with Crippen molar-refractivity contribution in [3.05, 3.63) is 35.9 Å². The molecule has 1 aromatic carbocycles. The van der Waals surface area contributed by atoms with Crippen molar-refractivity contribution in [1.29, 1.82) is 0 Å². The lowest BCUT2D eigenvalue weighted by molar-refractivity contribution is -0.144. The zero-order valence-corrected chi connectivity index (χ0v) is 7.94. The first-order valence-corrected chi connectivity index (χ1v) is 4.60. The first kappa shape index (κ1) is 10.7. The van der Waals surface area contributed by atoms with E-state index in [0.717, 1.165) is 5.56 Å². The second-order valence-corrected chi connectivity index (χ2v) is 2.91. The molecule has 3 nitrogen and oxygen atoms in total. The number of hydrogen-bond donors (Lipinski definition) is 0. The average Bonchev–Trinajstić information content (AvgIpc) is 2.20. The fraction of sp³-hybridized carbons (Fsp3) is 0.364. The Kier molecular flexibility index (Phi) is 4.72. The van der Waals surface area contributed by atoms with Crippen molar-refractivity contribution in [1.82, 2.24) is 0 Å². The van der Waals surface area contributed by atoms with Gasteiger partial charge in [-0.1, -0.05) is 30.3 Å². The molecule has 0 aromatic heterocycles. The van der Waals surface area contributed by atoms with Crippen LogP contribution in [0, 0.1) is 0 Å². The molecule has 3 heteroatoms. The van der Waals surface area contributed by atoms with Gasteiger partial charge in [0.15, 0.2) is 0 Å². The van der Waals surface area contributed by atoms with Crippen molar-refractivity contribution in [2.45, 2.75) is 12.8 Å². The van der Waals surface area contributed by atoms with Crippen LogP contribution in [0.3, 0.4) is 0 Å². The molecule has 0 bridgehead atoms. The van der Waals surface area contributed by atoms with Crippen molar-refractivity contribution in [3.8, 4) is 0 Å². The van der Waals surface area contributed by atoms with Crippen LogP contribution in [-0.2, 0) is 21.1 Å². The zero-order chi connectivity index (χ0) is 10.2. The molecule has 0 spiro atoms. The smallest absolute Gasteiger partial charge is 0.308 e. The van der Waals surface area contributed by atoms with Crippen molar-refractivity contribution in [2.75, 3.05) is 13.2 Å². The molecule has 75 valence electrons. The molecule has 1 aromatic rings. The molecule has 14 heavy (non-hydrogen) atoms. The van der Waals surface area contributed by atoms with E-state index in [-0.39, 0.29) is 6.42 Å². The van der Waals surface area contributed by atoms with Crippen molar-refractivity contribution < 1.29 is 14.6 Å². The molecule has 0 atom stereocenters. The first-order valence-electron chi connectivity index (χ1n) is 4.60. The molecule has 0 saturated heterocycles. The van der Waals surface area contributed by atoms with Crippen LogP contribution >= 0.6 is 0 Å². The lowest BCUT2D eigenvalue weighted by atomic mass is 10.2. The molecule has 0 amide bonds. The number of carbonyl (C=O) groups is 1. The maximum Gasteiger partial charge on any atom is 0.308 e. The van der Waals surface area contributed by atoms with E-state index in [1.54, 1.807) is 0 Å². The monoisotopic (exact) mass is 193 g/mol. The molecule has 0 aliphatic rings. The third kappa shape index (κ3) is 4.05. The fourth-order valence-electron chi connectivity index (χ4n) is 1.08. The summed E-state index contributed by atoms with van der Waals surface area (Å²) in [7, 11) is 0. The molecule has 0 heterocycles. The molecule has 1 radical (unpaired) electrons. The van der Waals surface area contributed by atoms with E-state index in [0.29, 0.717) is 13.0 Å². The number of carbonyl (C=O) groups excluding carboxylic acids is 1. The van der Waals surface area contributed by atoms with Crippen LogP contribution in [0.1, 0.15) is 12.0 Å². The van der Waals surface area contributed by atoms with Crippen LogP contribution in [0.25, 0.3) is 0 Å². The highest BCUT2D eigenvalue weighted by Crippen LogP contribution is 1.99. The standard InChI is InChI=1S/C11H13O3/c12-8-6-11(13)14-9-7-10-4-2-1-3-5-10/h1-5H,6-9H2. The summed E-state index contributed by atoms with van der Waals surface area (Å²) in [5.41, 5.74) is 1.13. The molecule has 0 saturated carbocycles. The van der Waals surface area contributed by atoms with Crippen LogP contribution < -0.4 is 0 Å². The summed E-state index contributed by atoms with van der Waals surface area (Å²) in [4.78, 5) is 10.8. The van der Waals surface area contributed by atoms with Gasteiger partial charge in [-0.3, -0.25) is 4.79 Å². The van der Waals surface area contributed by atoms with Gasteiger partial charge in [0.05, 0.1) is 19.6 Å². The van der Waals surface area contributed by atoms with Crippen molar-refractivity contribution >= 4 is 5.97 Å². The number of ether oxygens (including phenoxy) is 1. The van der Waals surface area contributed by atoms with Crippen molar-refractivity contribution in [2.24, 2.45) is 0 Å². The molecule has 0 aliphatic carbocycles. The summed E-state index contributed by atoms with van der Waals surface area (Å²) in [5, 5.41) is 10.1. The maximum absolute atomic E-state index is 10.8. The molecular formula is C11H13O3. The lowest BCUT2D eigenvalue weighted by Crippen LogP contribution is -2.08. The van der Waals surface area contributed by atoms with Gasteiger partial charge >= 0.3 is 5.97 Å². The molecule has 0 N–H and O–H groups in total. The van der Waals surface area contributed by atoms with Gasteiger partial charge < -0.3 is 4.74 Å². The van der Waals surface area contributed by atoms with E-state index >= 15 is 0 Å². The van der Waals surface area contributed by atoms with Crippen LogP contribution in [0.4, 0.5) is 0 Å². The average molecular weight is 193 g/mol. The van der Waals surface area contributed by atoms with E-state index in [4.69, 9.17) is 4.74 Å². The van der Waals surface area contributed by atoms with Crippen LogP contribution in [0.2, 0.25) is 0 Å². The normalized spacial score (nSPS) is 9.79. The van der Waals surface area contributed by atoms with E-state index in [1.807, 2.05) is 30.3 Å². The predicted octanol–water partition coefficient (Wildman–Crippen LogP) is 1.59. The van der Waals surface area contributed by atoms with Gasteiger partial charge in [0.25, 0.3) is 0 Å². The van der Waals surface area contributed by atoms with Crippen LogP contribution in [-0.4, -0.2) is 19.2 Å². The predicted molar refractivity (Wildman–Crippen MR) is 51.3 cm³/mol. The van der Waals surface area contributed by atoms with Gasteiger partial charge in [0, 0.05) is 6.42 Å². The maximum atomic E-state index is 10.8. The largest absolute Gasteiger partial charge is 0.465 e. The van der Waals surface area contributed by atoms with Gasteiger partial charge in [-0.25, -0.2) is 5.11 Å². The number of rotatable bonds is 5. The number of hydrogen-bond acceptors (Lipinski definition) is 2. The second kappa shape index (κ2) is 6.16. The van der Waals surface area contributed by atoms with E-state index in [2.05, 4.69) is 0 Å². The Balaban J connectivity index is 2.19. The summed E-state index contributed by atoms with van der Waals surface area (Å²) in [6.45, 7) is -0.0486. The Morgan fingerprint density at radius 3 is 2.57 bits per heavy atom. The van der Waals surface area contributed by atoms with Gasteiger partial charge in [0.1, 0.15) is 0 Å². The lowest BCUT2D eigenvalue weighted by Gasteiger charge is -2.03. The summed E-state index contributed by atoms with van der Waals surface area (Å²) < 4.78 is 4.85. The van der Waals surface area contributed by atoms with E-state index in [9.17, 15) is 9.90 Å². The minimum Gasteiger partial charge on any atom is -0.465 e. The third-order valence-electron chi connectivity index (χ3n) is 1.80. The Bertz CT molecular complexity index is 269. The molecular weight excluding hydrogens is 180 g/mol. The highest BCUT2D eigenvalue weighted by atomic mass is 16.5. The minimum absolute atomic E-state index is 0.0329. The van der Waals surface area contributed by atoms with E-state index in [1.165, 1.54) is 0 Å². The molecule has 0 aliphatic heterocycles. The summed E-state index contributed by atoms with van der Waals surface area (Å²) >= 11 is 0. The minimum atomic E-state index is -0.407. The highest BCUT2D eigenvalue weighted by molar-refractivity contribution is 5.69. The Hall–Kier alpha value is -1.35. The number of benzene rings is 1. The topological polar surface area (TPSA) is 46.2 Å². The summed E-state index contributed by atoms with van der Waals surface area (Å²) in [6, 6.07) is 9.76. The Morgan fingerprint density at radius 2 is 1.93 bits per heavy atom. The van der Waals surface area contributed by atoms with Crippen molar-refractivity contribution in [3.63, 3.8) is 0 Å². The third-order valence-corrected chi connectivity index (χ3v) is 1.80. The van der Waals surface area contributed by atoms with Crippen LogP contribution in [0.15, 0.2) is 30.3 Å².